The first-order valence-electron chi connectivity index (χ1n) is 7.65. The Morgan fingerprint density at radius 2 is 1.95 bits per heavy atom. The number of carbonyl (C=O) groups excluding carboxylic acids is 1. The molecule has 0 amide bonds. The number of phenolic OH excluding ortho intramolecular Hbond substituents is 1. The predicted molar refractivity (Wildman–Crippen MR) is 87.8 cm³/mol. The summed E-state index contributed by atoms with van der Waals surface area (Å²) in [6, 6.07) is 6.76. The van der Waals surface area contributed by atoms with Gasteiger partial charge in [0.2, 0.25) is 0 Å². The van der Waals surface area contributed by atoms with Gasteiger partial charge in [-0.1, -0.05) is 32.9 Å². The second-order valence-electron chi connectivity index (χ2n) is 6.56. The maximum Gasteiger partial charge on any atom is 0.168 e. The van der Waals surface area contributed by atoms with Gasteiger partial charge in [0.15, 0.2) is 5.78 Å². The van der Waals surface area contributed by atoms with Crippen LogP contribution in [-0.2, 0) is 4.79 Å². The van der Waals surface area contributed by atoms with Crippen molar-refractivity contribution in [2.75, 3.05) is 0 Å². The fraction of sp³-hybridized carbons (Fsp3) is 0.444. The van der Waals surface area contributed by atoms with E-state index < -0.39 is 0 Å². The summed E-state index contributed by atoms with van der Waals surface area (Å²) in [6.45, 7) is 5.98. The van der Waals surface area contributed by atoms with E-state index >= 15 is 0 Å². The molecule has 0 aromatic heterocycles. The summed E-state index contributed by atoms with van der Waals surface area (Å²) < 4.78 is 0. The third-order valence-electron chi connectivity index (χ3n) is 3.77. The summed E-state index contributed by atoms with van der Waals surface area (Å²) in [5, 5.41) is 20.1. The van der Waals surface area contributed by atoms with Crippen LogP contribution in [0.1, 0.15) is 46.5 Å². The number of aromatic hydroxyl groups is 1. The van der Waals surface area contributed by atoms with Crippen LogP contribution in [0, 0.1) is 5.41 Å². The van der Waals surface area contributed by atoms with Gasteiger partial charge in [-0.05, 0) is 30.4 Å². The number of hydrogen-bond donors (Lipinski definition) is 2. The van der Waals surface area contributed by atoms with E-state index in [9.17, 15) is 15.0 Å². The van der Waals surface area contributed by atoms with E-state index in [4.69, 9.17) is 0 Å². The fourth-order valence-electron chi connectivity index (χ4n) is 2.78. The monoisotopic (exact) mass is 301 g/mol. The third kappa shape index (κ3) is 3.56. The highest BCUT2D eigenvalue weighted by atomic mass is 16.3. The Bertz CT molecular complexity index is 641. The Morgan fingerprint density at radius 1 is 1.27 bits per heavy atom. The molecule has 22 heavy (non-hydrogen) atoms. The molecule has 1 fully saturated rings. The van der Waals surface area contributed by atoms with E-state index in [1.54, 1.807) is 24.3 Å². The second-order valence-corrected chi connectivity index (χ2v) is 6.56. The van der Waals surface area contributed by atoms with Crippen LogP contribution in [-0.4, -0.2) is 21.7 Å². The zero-order chi connectivity index (χ0) is 16.3. The lowest BCUT2D eigenvalue weighted by Crippen LogP contribution is -2.32. The molecular weight excluding hydrogens is 278 g/mol. The smallest absolute Gasteiger partial charge is 0.168 e. The first-order chi connectivity index (χ1) is 10.3. The molecule has 0 atom stereocenters. The quantitative estimate of drug-likeness (QED) is 0.639. The SMILES string of the molecule is CCCC(O)=C1C(=O)CC(C)(C)CC1=Nc1ccccc1O. The van der Waals surface area contributed by atoms with Crippen molar-refractivity contribution in [3.05, 3.63) is 35.6 Å². The van der Waals surface area contributed by atoms with Gasteiger partial charge >= 0.3 is 0 Å². The molecule has 0 spiro atoms. The molecule has 2 N–H and O–H groups in total. The number of allylic oxidation sites excluding steroid dienone is 2. The zero-order valence-corrected chi connectivity index (χ0v) is 13.4. The molecule has 0 aliphatic heterocycles. The van der Waals surface area contributed by atoms with Gasteiger partial charge in [-0.2, -0.15) is 0 Å². The Hall–Kier alpha value is -2.10. The lowest BCUT2D eigenvalue weighted by molar-refractivity contribution is -0.117. The van der Waals surface area contributed by atoms with Crippen molar-refractivity contribution in [1.29, 1.82) is 0 Å². The van der Waals surface area contributed by atoms with Gasteiger partial charge in [-0.15, -0.1) is 0 Å². The predicted octanol–water partition coefficient (Wildman–Crippen LogP) is 4.47. The number of ketones is 1. The summed E-state index contributed by atoms with van der Waals surface area (Å²) in [5.41, 5.74) is 1.12. The van der Waals surface area contributed by atoms with Gasteiger partial charge in [0.1, 0.15) is 17.2 Å². The first kappa shape index (κ1) is 16.3. The second kappa shape index (κ2) is 6.34. The van der Waals surface area contributed by atoms with E-state index in [1.165, 1.54) is 0 Å². The highest BCUT2D eigenvalue weighted by Gasteiger charge is 2.36. The normalized spacial score (nSPS) is 22.0. The molecule has 1 saturated carbocycles. The molecule has 1 aliphatic rings. The first-order valence-corrected chi connectivity index (χ1v) is 7.65. The number of benzene rings is 1. The fourth-order valence-corrected chi connectivity index (χ4v) is 2.78. The lowest BCUT2D eigenvalue weighted by atomic mass is 9.73. The summed E-state index contributed by atoms with van der Waals surface area (Å²) in [6.07, 6.45) is 2.21. The van der Waals surface area contributed by atoms with Crippen molar-refractivity contribution in [2.45, 2.75) is 46.5 Å². The van der Waals surface area contributed by atoms with Gasteiger partial charge in [0, 0.05) is 12.8 Å². The van der Waals surface area contributed by atoms with Crippen LogP contribution >= 0.6 is 0 Å². The van der Waals surface area contributed by atoms with Gasteiger partial charge in [0.05, 0.1) is 11.3 Å². The van der Waals surface area contributed by atoms with Crippen LogP contribution in [0.4, 0.5) is 5.69 Å². The number of phenols is 1. The highest BCUT2D eigenvalue weighted by Crippen LogP contribution is 2.37. The number of hydrogen-bond acceptors (Lipinski definition) is 4. The minimum Gasteiger partial charge on any atom is -0.511 e. The molecular formula is C18H23NO3. The topological polar surface area (TPSA) is 69.9 Å². The molecule has 0 radical (unpaired) electrons. The molecule has 4 nitrogen and oxygen atoms in total. The summed E-state index contributed by atoms with van der Waals surface area (Å²) >= 11 is 0. The van der Waals surface area contributed by atoms with E-state index in [0.717, 1.165) is 6.42 Å². The molecule has 0 saturated heterocycles. The Kier molecular flexibility index (Phi) is 4.69. The number of para-hydroxylation sites is 2. The molecule has 0 heterocycles. The Balaban J connectivity index is 2.53. The highest BCUT2D eigenvalue weighted by molar-refractivity contribution is 6.25. The maximum atomic E-state index is 12.5. The summed E-state index contributed by atoms with van der Waals surface area (Å²) in [5.74, 6) is 0.105. The van der Waals surface area contributed by atoms with Crippen molar-refractivity contribution in [1.82, 2.24) is 0 Å². The van der Waals surface area contributed by atoms with Crippen LogP contribution in [0.15, 0.2) is 40.6 Å². The van der Waals surface area contributed by atoms with Gasteiger partial charge in [-0.3, -0.25) is 4.79 Å². The lowest BCUT2D eigenvalue weighted by Gasteiger charge is -2.31. The van der Waals surface area contributed by atoms with E-state index in [2.05, 4.69) is 4.99 Å². The number of aliphatic hydroxyl groups excluding tert-OH is 1. The van der Waals surface area contributed by atoms with Gasteiger partial charge in [-0.25, -0.2) is 4.99 Å². The minimum absolute atomic E-state index is 0.0696. The van der Waals surface area contributed by atoms with Crippen LogP contribution in [0.25, 0.3) is 0 Å². The Morgan fingerprint density at radius 3 is 2.59 bits per heavy atom. The van der Waals surface area contributed by atoms with E-state index in [0.29, 0.717) is 36.2 Å². The average Bonchev–Trinajstić information content (AvgIpc) is 2.39. The van der Waals surface area contributed by atoms with E-state index in [1.807, 2.05) is 20.8 Å². The minimum atomic E-state index is -0.198. The molecule has 0 bridgehead atoms. The molecule has 1 aliphatic carbocycles. The number of carbonyl (C=O) groups is 1. The number of nitrogens with zero attached hydrogens (tertiary/aromatic N) is 1. The number of aliphatic hydroxyl groups is 1. The van der Waals surface area contributed by atoms with Crippen LogP contribution < -0.4 is 0 Å². The van der Waals surface area contributed by atoms with Crippen molar-refractivity contribution in [3.63, 3.8) is 0 Å². The van der Waals surface area contributed by atoms with Crippen LogP contribution in [0.3, 0.4) is 0 Å². The molecule has 118 valence electrons. The Labute approximate surface area is 131 Å². The standard InChI is InChI=1S/C18H23NO3/c1-4-7-15(21)17-13(10-18(2,3)11-16(17)22)19-12-8-5-6-9-14(12)20/h5-6,8-9,20-21H,4,7,10-11H2,1-3H3. The average molecular weight is 301 g/mol. The molecule has 0 unspecified atom stereocenters. The maximum absolute atomic E-state index is 12.5. The third-order valence-corrected chi connectivity index (χ3v) is 3.77. The summed E-state index contributed by atoms with van der Waals surface area (Å²) in [4.78, 5) is 16.9. The van der Waals surface area contributed by atoms with Crippen molar-refractivity contribution in [2.24, 2.45) is 10.4 Å². The molecule has 1 aromatic rings. The number of aliphatic imine (C=N–C) groups is 1. The molecule has 1 aromatic carbocycles. The number of rotatable bonds is 3. The van der Waals surface area contributed by atoms with E-state index in [-0.39, 0.29) is 22.7 Å². The largest absolute Gasteiger partial charge is 0.511 e. The summed E-state index contributed by atoms with van der Waals surface area (Å²) in [7, 11) is 0. The van der Waals surface area contributed by atoms with Crippen LogP contribution in [0.2, 0.25) is 0 Å². The van der Waals surface area contributed by atoms with Gasteiger partial charge < -0.3 is 10.2 Å². The van der Waals surface area contributed by atoms with Crippen molar-refractivity contribution >= 4 is 17.2 Å². The van der Waals surface area contributed by atoms with Gasteiger partial charge in [0.25, 0.3) is 0 Å². The molecule has 4 heteroatoms. The zero-order valence-electron chi connectivity index (χ0n) is 13.4. The van der Waals surface area contributed by atoms with Crippen molar-refractivity contribution < 1.29 is 15.0 Å². The van der Waals surface area contributed by atoms with Crippen LogP contribution in [0.5, 0.6) is 5.75 Å². The van der Waals surface area contributed by atoms with Crippen molar-refractivity contribution in [3.8, 4) is 5.75 Å². The molecule has 2 rings (SSSR count). The number of Topliss-reactive ketones (excluding diaryl/α,β-unsaturated/α-hetero) is 1.